The first-order valence-corrected chi connectivity index (χ1v) is 7.63. The Hall–Kier alpha value is 0.0200. The average molecular weight is 400 g/mol. The highest BCUT2D eigenvalue weighted by atomic mass is 79.9. The average Bonchev–Trinajstić information content (AvgIpc) is 2.56. The maximum absolute atomic E-state index is 12.1. The molecule has 1 rings (SSSR count). The predicted octanol–water partition coefficient (Wildman–Crippen LogP) is 3.27. The van der Waals surface area contributed by atoms with Crippen molar-refractivity contribution in [2.75, 3.05) is 13.6 Å². The van der Waals surface area contributed by atoms with Gasteiger partial charge in [0.05, 0.1) is 18.1 Å². The van der Waals surface area contributed by atoms with Gasteiger partial charge in [-0.05, 0) is 37.9 Å². The number of rotatable bonds is 4. The summed E-state index contributed by atoms with van der Waals surface area (Å²) in [5, 5.41) is 0. The predicted molar refractivity (Wildman–Crippen MR) is 82.6 cm³/mol. The largest absolute Gasteiger partial charge is 0.393 e. The molecule has 0 saturated carbocycles. The molecule has 2 N–H and O–H groups in total. The van der Waals surface area contributed by atoms with Crippen LogP contribution in [0.4, 0.5) is 0 Å². The summed E-state index contributed by atoms with van der Waals surface area (Å²) in [5.41, 5.74) is 6.19. The molecule has 0 radical (unpaired) electrons. The number of thiocarbonyl (C=S) groups is 1. The van der Waals surface area contributed by atoms with Gasteiger partial charge in [0.25, 0.3) is 5.91 Å². The topological polar surface area (TPSA) is 46.3 Å². The van der Waals surface area contributed by atoms with E-state index in [9.17, 15) is 4.79 Å². The number of carbonyl (C=O) groups is 1. The quantitative estimate of drug-likeness (QED) is 0.790. The smallest absolute Gasteiger partial charge is 0.255 e. The van der Waals surface area contributed by atoms with Crippen LogP contribution in [0.25, 0.3) is 0 Å². The number of hydrogen-bond acceptors (Lipinski definition) is 3. The van der Waals surface area contributed by atoms with Crippen molar-refractivity contribution in [1.82, 2.24) is 4.90 Å². The molecule has 0 aliphatic carbocycles. The number of carbonyl (C=O) groups excluding carboxylic acids is 1. The highest BCUT2D eigenvalue weighted by Crippen LogP contribution is 2.32. The Morgan fingerprint density at radius 1 is 1.65 bits per heavy atom. The van der Waals surface area contributed by atoms with E-state index in [1.165, 1.54) is 11.3 Å². The third-order valence-corrected chi connectivity index (χ3v) is 5.01. The van der Waals surface area contributed by atoms with Crippen molar-refractivity contribution in [2.24, 2.45) is 11.7 Å². The van der Waals surface area contributed by atoms with Gasteiger partial charge in [0.1, 0.15) is 0 Å². The first kappa shape index (κ1) is 15.1. The second-order valence-corrected chi connectivity index (χ2v) is 7.95. The molecule has 1 aromatic heterocycles. The minimum atomic E-state index is -0.0399. The van der Waals surface area contributed by atoms with Crippen LogP contribution in [-0.2, 0) is 0 Å². The van der Waals surface area contributed by atoms with Gasteiger partial charge in [-0.15, -0.1) is 11.3 Å². The highest BCUT2D eigenvalue weighted by molar-refractivity contribution is 9.12. The Bertz CT molecular complexity index is 448. The summed E-state index contributed by atoms with van der Waals surface area (Å²) >= 11 is 13.1. The van der Waals surface area contributed by atoms with Gasteiger partial charge in [-0.1, -0.05) is 19.1 Å². The standard InChI is InChI=1S/C10H12Br2N2OS2/c1-5(9(13)16)4-14(2)10(15)6-3-7(11)17-8(6)12/h3,5H,4H2,1-2H3,(H2,13,16). The van der Waals surface area contributed by atoms with Gasteiger partial charge in [-0.25, -0.2) is 0 Å². The second-order valence-electron chi connectivity index (χ2n) is 3.73. The first-order chi connectivity index (χ1) is 7.82. The van der Waals surface area contributed by atoms with Gasteiger partial charge in [0, 0.05) is 19.5 Å². The van der Waals surface area contributed by atoms with Crippen LogP contribution < -0.4 is 5.73 Å². The first-order valence-electron chi connectivity index (χ1n) is 4.82. The van der Waals surface area contributed by atoms with E-state index in [0.717, 1.165) is 7.57 Å². The van der Waals surface area contributed by atoms with E-state index >= 15 is 0 Å². The molecule has 0 aliphatic heterocycles. The molecule has 1 amide bonds. The molecule has 1 heterocycles. The third kappa shape index (κ3) is 4.01. The molecular formula is C10H12Br2N2OS2. The zero-order valence-electron chi connectivity index (χ0n) is 9.37. The van der Waals surface area contributed by atoms with Crippen molar-refractivity contribution >= 4 is 66.3 Å². The Balaban J connectivity index is 2.77. The molecule has 0 spiro atoms. The van der Waals surface area contributed by atoms with E-state index in [1.54, 1.807) is 18.0 Å². The maximum atomic E-state index is 12.1. The molecule has 0 aliphatic rings. The molecule has 3 nitrogen and oxygen atoms in total. The zero-order valence-corrected chi connectivity index (χ0v) is 14.2. The van der Waals surface area contributed by atoms with Gasteiger partial charge < -0.3 is 10.6 Å². The molecule has 0 fully saturated rings. The van der Waals surface area contributed by atoms with Gasteiger partial charge in [-0.2, -0.15) is 0 Å². The van der Waals surface area contributed by atoms with Crippen LogP contribution in [0.1, 0.15) is 17.3 Å². The van der Waals surface area contributed by atoms with E-state index in [1.807, 2.05) is 6.92 Å². The van der Waals surface area contributed by atoms with Crippen LogP contribution in [0.15, 0.2) is 13.6 Å². The summed E-state index contributed by atoms with van der Waals surface area (Å²) in [5.74, 6) is -0.0262. The van der Waals surface area contributed by atoms with Crippen LogP contribution in [0.5, 0.6) is 0 Å². The molecule has 1 atom stereocenters. The maximum Gasteiger partial charge on any atom is 0.255 e. The number of nitrogens with two attached hydrogens (primary N) is 1. The van der Waals surface area contributed by atoms with Gasteiger partial charge in [0.15, 0.2) is 0 Å². The Morgan fingerprint density at radius 2 is 2.24 bits per heavy atom. The van der Waals surface area contributed by atoms with Crippen molar-refractivity contribution in [3.05, 3.63) is 19.2 Å². The summed E-state index contributed by atoms with van der Waals surface area (Å²) < 4.78 is 1.74. The minimum Gasteiger partial charge on any atom is -0.393 e. The van der Waals surface area contributed by atoms with Gasteiger partial charge >= 0.3 is 0 Å². The minimum absolute atomic E-state index is 0.0137. The third-order valence-electron chi connectivity index (χ3n) is 2.27. The summed E-state index contributed by atoms with van der Waals surface area (Å²) in [4.78, 5) is 14.2. The lowest BCUT2D eigenvalue weighted by molar-refractivity contribution is 0.0786. The number of thiophene rings is 1. The van der Waals surface area contributed by atoms with Crippen molar-refractivity contribution in [1.29, 1.82) is 0 Å². The highest BCUT2D eigenvalue weighted by Gasteiger charge is 2.19. The zero-order chi connectivity index (χ0) is 13.2. The molecule has 94 valence electrons. The molecular weight excluding hydrogens is 388 g/mol. The summed E-state index contributed by atoms with van der Waals surface area (Å²) in [6.45, 7) is 2.43. The van der Waals surface area contributed by atoms with Crippen LogP contribution in [0.2, 0.25) is 0 Å². The Kier molecular flexibility index (Phi) is 5.56. The fourth-order valence-corrected chi connectivity index (χ4v) is 4.13. The van der Waals surface area contributed by atoms with Crippen molar-refractivity contribution in [2.45, 2.75) is 6.92 Å². The molecule has 0 aromatic carbocycles. The van der Waals surface area contributed by atoms with Crippen molar-refractivity contribution < 1.29 is 4.79 Å². The van der Waals surface area contributed by atoms with E-state index in [-0.39, 0.29) is 11.8 Å². The lowest BCUT2D eigenvalue weighted by Crippen LogP contribution is -2.35. The molecule has 17 heavy (non-hydrogen) atoms. The number of amides is 1. The van der Waals surface area contributed by atoms with Crippen molar-refractivity contribution in [3.63, 3.8) is 0 Å². The van der Waals surface area contributed by atoms with E-state index in [2.05, 4.69) is 31.9 Å². The number of hydrogen-bond donors (Lipinski definition) is 1. The van der Waals surface area contributed by atoms with E-state index < -0.39 is 0 Å². The monoisotopic (exact) mass is 398 g/mol. The normalized spacial score (nSPS) is 12.2. The SMILES string of the molecule is CC(CN(C)C(=O)c1cc(Br)sc1Br)C(N)=S. The van der Waals surface area contributed by atoms with E-state index in [0.29, 0.717) is 17.1 Å². The molecule has 0 saturated heterocycles. The summed E-state index contributed by atoms with van der Waals surface area (Å²) in [7, 11) is 1.75. The van der Waals surface area contributed by atoms with Crippen LogP contribution in [0, 0.1) is 5.92 Å². The van der Waals surface area contributed by atoms with Gasteiger partial charge in [-0.3, -0.25) is 4.79 Å². The van der Waals surface area contributed by atoms with E-state index in [4.69, 9.17) is 18.0 Å². The van der Waals surface area contributed by atoms with Crippen LogP contribution in [0.3, 0.4) is 0 Å². The van der Waals surface area contributed by atoms with Crippen LogP contribution >= 0.6 is 55.4 Å². The fourth-order valence-electron chi connectivity index (χ4n) is 1.28. The lowest BCUT2D eigenvalue weighted by Gasteiger charge is -2.20. The molecule has 1 aromatic rings. The molecule has 0 bridgehead atoms. The lowest BCUT2D eigenvalue weighted by atomic mass is 10.1. The van der Waals surface area contributed by atoms with Crippen LogP contribution in [-0.4, -0.2) is 29.4 Å². The van der Waals surface area contributed by atoms with Crippen molar-refractivity contribution in [3.8, 4) is 0 Å². The second kappa shape index (κ2) is 6.26. The van der Waals surface area contributed by atoms with Gasteiger partial charge in [0.2, 0.25) is 0 Å². The Labute approximate surface area is 127 Å². The summed E-state index contributed by atoms with van der Waals surface area (Å²) in [6.07, 6.45) is 0. The summed E-state index contributed by atoms with van der Waals surface area (Å²) in [6, 6.07) is 1.80. The fraction of sp³-hybridized carbons (Fsp3) is 0.400. The number of nitrogens with zero attached hydrogens (tertiary/aromatic N) is 1. The molecule has 7 heteroatoms. The Morgan fingerprint density at radius 3 is 2.65 bits per heavy atom. The molecule has 1 unspecified atom stereocenters. The number of halogens is 2.